The zero-order valence-corrected chi connectivity index (χ0v) is 16.3. The molecule has 2 aromatic carbocycles. The van der Waals surface area contributed by atoms with E-state index in [1.165, 1.54) is 43.7 Å². The van der Waals surface area contributed by atoms with Gasteiger partial charge >= 0.3 is 0 Å². The average Bonchev–Trinajstić information content (AvgIpc) is 3.16. The lowest BCUT2D eigenvalue weighted by Gasteiger charge is -2.05. The van der Waals surface area contributed by atoms with Crippen LogP contribution in [0.5, 0.6) is 5.75 Å². The van der Waals surface area contributed by atoms with Gasteiger partial charge < -0.3 is 9.15 Å². The molecule has 1 heterocycles. The van der Waals surface area contributed by atoms with Gasteiger partial charge in [-0.1, -0.05) is 17.7 Å². The monoisotopic (exact) mass is 415 g/mol. The molecule has 0 bridgehead atoms. The molecule has 0 amide bonds. The van der Waals surface area contributed by atoms with Gasteiger partial charge in [-0.2, -0.15) is 18.4 Å². The van der Waals surface area contributed by atoms with E-state index in [1.54, 1.807) is 24.3 Å². The van der Waals surface area contributed by atoms with Crippen LogP contribution in [0.2, 0.25) is 0 Å². The van der Waals surface area contributed by atoms with Crippen molar-refractivity contribution in [2.45, 2.75) is 11.8 Å². The molecule has 3 rings (SSSR count). The molecule has 0 aliphatic heterocycles. The average molecular weight is 415 g/mol. The van der Waals surface area contributed by atoms with Crippen molar-refractivity contribution in [1.82, 2.24) is 4.83 Å². The highest BCUT2D eigenvalue weighted by Crippen LogP contribution is 2.34. The number of benzene rings is 2. The van der Waals surface area contributed by atoms with E-state index < -0.39 is 14.9 Å². The summed E-state index contributed by atoms with van der Waals surface area (Å²) in [6, 6.07) is 13.7. The van der Waals surface area contributed by atoms with E-state index in [0.29, 0.717) is 11.3 Å². The summed E-state index contributed by atoms with van der Waals surface area (Å²) in [6.07, 6.45) is 1.22. The molecule has 150 valence electrons. The van der Waals surface area contributed by atoms with Crippen LogP contribution in [0, 0.1) is 17.0 Å². The van der Waals surface area contributed by atoms with Crippen molar-refractivity contribution in [3.8, 4) is 17.1 Å². The molecule has 0 radical (unpaired) electrons. The number of nitrogens with one attached hydrogen (secondary N) is 1. The van der Waals surface area contributed by atoms with E-state index in [-0.39, 0.29) is 22.1 Å². The van der Waals surface area contributed by atoms with Crippen LogP contribution in [0.4, 0.5) is 5.69 Å². The molecule has 3 aromatic rings. The SMILES string of the molecule is COc1cc([N+](=O)[O-])ccc1-c1ccc(/C=N\NS(=O)(=O)c2ccc(C)cc2)o1. The Morgan fingerprint density at radius 1 is 1.14 bits per heavy atom. The van der Waals surface area contributed by atoms with E-state index in [0.717, 1.165) is 5.56 Å². The van der Waals surface area contributed by atoms with E-state index in [2.05, 4.69) is 9.93 Å². The highest BCUT2D eigenvalue weighted by atomic mass is 32.2. The molecule has 1 N–H and O–H groups in total. The summed E-state index contributed by atoms with van der Waals surface area (Å²) in [7, 11) is -2.39. The number of furan rings is 1. The summed E-state index contributed by atoms with van der Waals surface area (Å²) >= 11 is 0. The van der Waals surface area contributed by atoms with Crippen LogP contribution >= 0.6 is 0 Å². The van der Waals surface area contributed by atoms with Crippen molar-refractivity contribution in [2.24, 2.45) is 5.10 Å². The lowest BCUT2D eigenvalue weighted by molar-refractivity contribution is -0.384. The third kappa shape index (κ3) is 4.61. The third-order valence-corrected chi connectivity index (χ3v) is 5.22. The molecule has 10 heteroatoms. The Labute approximate surface area is 166 Å². The van der Waals surface area contributed by atoms with Gasteiger partial charge in [0.1, 0.15) is 17.3 Å². The number of rotatable bonds is 7. The zero-order chi connectivity index (χ0) is 21.0. The van der Waals surface area contributed by atoms with Crippen LogP contribution < -0.4 is 9.57 Å². The van der Waals surface area contributed by atoms with Gasteiger partial charge in [-0.25, -0.2) is 0 Å². The molecule has 29 heavy (non-hydrogen) atoms. The Kier molecular flexibility index (Phi) is 5.64. The number of hydrazone groups is 1. The number of methoxy groups -OCH3 is 1. The molecule has 0 saturated carbocycles. The standard InChI is InChI=1S/C19H17N3O6S/c1-13-3-7-16(8-4-13)29(25,26)21-20-12-15-6-10-18(28-15)17-9-5-14(22(23)24)11-19(17)27-2/h3-12,21H,1-2H3/b20-12-. The van der Waals surface area contributed by atoms with Gasteiger partial charge in [-0.15, -0.1) is 0 Å². The number of nitro groups is 1. The molecule has 1 aromatic heterocycles. The van der Waals surface area contributed by atoms with Crippen molar-refractivity contribution in [1.29, 1.82) is 0 Å². The molecule has 9 nitrogen and oxygen atoms in total. The predicted molar refractivity (Wildman–Crippen MR) is 106 cm³/mol. The molecule has 0 spiro atoms. The molecule has 0 fully saturated rings. The number of hydrogen-bond acceptors (Lipinski definition) is 7. The largest absolute Gasteiger partial charge is 0.496 e. The van der Waals surface area contributed by atoms with Gasteiger partial charge in [-0.05, 0) is 37.3 Å². The van der Waals surface area contributed by atoms with E-state index >= 15 is 0 Å². The second-order valence-corrected chi connectivity index (χ2v) is 7.67. The Balaban J connectivity index is 1.77. The van der Waals surface area contributed by atoms with Gasteiger partial charge in [0, 0.05) is 6.07 Å². The number of hydrogen-bond donors (Lipinski definition) is 1. The minimum atomic E-state index is -3.79. The lowest BCUT2D eigenvalue weighted by atomic mass is 10.1. The van der Waals surface area contributed by atoms with Crippen LogP contribution in [-0.2, 0) is 10.0 Å². The van der Waals surface area contributed by atoms with Gasteiger partial charge in [0.05, 0.1) is 34.8 Å². The summed E-state index contributed by atoms with van der Waals surface area (Å²) in [5, 5.41) is 14.6. The lowest BCUT2D eigenvalue weighted by Crippen LogP contribution is -2.18. The fraction of sp³-hybridized carbons (Fsp3) is 0.105. The van der Waals surface area contributed by atoms with Crippen LogP contribution in [0.25, 0.3) is 11.3 Å². The quantitative estimate of drug-likeness (QED) is 0.358. The van der Waals surface area contributed by atoms with Gasteiger partial charge in [-0.3, -0.25) is 10.1 Å². The van der Waals surface area contributed by atoms with E-state index in [9.17, 15) is 18.5 Å². The number of sulfonamides is 1. The number of nitrogens with zero attached hydrogens (tertiary/aromatic N) is 2. The highest BCUT2D eigenvalue weighted by Gasteiger charge is 2.15. The normalized spacial score (nSPS) is 11.5. The number of ether oxygens (including phenoxy) is 1. The first-order valence-electron chi connectivity index (χ1n) is 8.34. The molecule has 0 atom stereocenters. The fourth-order valence-electron chi connectivity index (χ4n) is 2.49. The topological polar surface area (TPSA) is 124 Å². The first-order valence-corrected chi connectivity index (χ1v) is 9.82. The third-order valence-electron chi connectivity index (χ3n) is 3.98. The number of nitro benzene ring substituents is 1. The first-order chi connectivity index (χ1) is 13.8. The fourth-order valence-corrected chi connectivity index (χ4v) is 3.28. The molecule has 0 saturated heterocycles. The summed E-state index contributed by atoms with van der Waals surface area (Å²) in [5.41, 5.74) is 1.35. The summed E-state index contributed by atoms with van der Waals surface area (Å²) < 4.78 is 35.2. The van der Waals surface area contributed by atoms with Crippen molar-refractivity contribution in [3.05, 3.63) is 76.0 Å². The Bertz CT molecular complexity index is 1170. The second kappa shape index (κ2) is 8.15. The maximum atomic E-state index is 12.2. The van der Waals surface area contributed by atoms with Crippen LogP contribution in [0.1, 0.15) is 11.3 Å². The number of aryl methyl sites for hydroxylation is 1. The van der Waals surface area contributed by atoms with Crippen molar-refractivity contribution >= 4 is 21.9 Å². The molecular weight excluding hydrogens is 398 g/mol. The first kappa shape index (κ1) is 20.1. The summed E-state index contributed by atoms with van der Waals surface area (Å²) in [4.78, 5) is 12.6. The minimum absolute atomic E-state index is 0.0935. The Morgan fingerprint density at radius 2 is 1.86 bits per heavy atom. The summed E-state index contributed by atoms with van der Waals surface area (Å²) in [5.74, 6) is 0.948. The highest BCUT2D eigenvalue weighted by molar-refractivity contribution is 7.89. The van der Waals surface area contributed by atoms with Crippen molar-refractivity contribution in [2.75, 3.05) is 7.11 Å². The predicted octanol–water partition coefficient (Wildman–Crippen LogP) is 3.48. The van der Waals surface area contributed by atoms with Crippen LogP contribution in [-0.4, -0.2) is 26.7 Å². The van der Waals surface area contributed by atoms with Crippen molar-refractivity contribution < 1.29 is 22.5 Å². The van der Waals surface area contributed by atoms with Crippen molar-refractivity contribution in [3.63, 3.8) is 0 Å². The molecule has 0 unspecified atom stereocenters. The molecule has 0 aliphatic carbocycles. The van der Waals surface area contributed by atoms with Gasteiger partial charge in [0.25, 0.3) is 15.7 Å². The van der Waals surface area contributed by atoms with Gasteiger partial charge in [0.15, 0.2) is 0 Å². The van der Waals surface area contributed by atoms with E-state index in [4.69, 9.17) is 9.15 Å². The van der Waals surface area contributed by atoms with Crippen LogP contribution in [0.3, 0.4) is 0 Å². The minimum Gasteiger partial charge on any atom is -0.496 e. The maximum Gasteiger partial charge on any atom is 0.276 e. The zero-order valence-electron chi connectivity index (χ0n) is 15.5. The second-order valence-electron chi connectivity index (χ2n) is 6.01. The maximum absolute atomic E-state index is 12.2. The van der Waals surface area contributed by atoms with E-state index in [1.807, 2.05) is 6.92 Å². The Hall–Kier alpha value is -3.66. The van der Waals surface area contributed by atoms with Crippen LogP contribution in [0.15, 0.2) is 69.0 Å². The molecular formula is C19H17N3O6S. The summed E-state index contributed by atoms with van der Waals surface area (Å²) in [6.45, 7) is 1.86. The smallest absolute Gasteiger partial charge is 0.276 e. The molecule has 0 aliphatic rings. The number of non-ortho nitro benzene ring substituents is 1. The Morgan fingerprint density at radius 3 is 2.52 bits per heavy atom. The van der Waals surface area contributed by atoms with Gasteiger partial charge in [0.2, 0.25) is 0 Å².